The zero-order chi connectivity index (χ0) is 11.4. The molecule has 5 nitrogen and oxygen atoms in total. The van der Waals surface area contributed by atoms with Crippen LogP contribution in [-0.4, -0.2) is 42.8 Å². The van der Waals surface area contributed by atoms with Gasteiger partial charge >= 0.3 is 0 Å². The summed E-state index contributed by atoms with van der Waals surface area (Å²) in [4.78, 5) is 10.6. The first-order valence-corrected chi connectivity index (χ1v) is 5.78. The van der Waals surface area contributed by atoms with Gasteiger partial charge in [-0.25, -0.2) is 4.98 Å². The summed E-state index contributed by atoms with van der Waals surface area (Å²) in [6, 6.07) is 0. The predicted molar refractivity (Wildman–Crippen MR) is 64.2 cm³/mol. The molecule has 1 aromatic heterocycles. The zero-order valence-corrected chi connectivity index (χ0v) is 10.00. The van der Waals surface area contributed by atoms with Gasteiger partial charge in [0.25, 0.3) is 0 Å². The Bertz CT molecular complexity index is 355. The van der Waals surface area contributed by atoms with Gasteiger partial charge in [0.1, 0.15) is 5.02 Å². The number of hydrogen-bond acceptors (Lipinski definition) is 5. The maximum Gasteiger partial charge on any atom is 0.224 e. The molecule has 2 heterocycles. The van der Waals surface area contributed by atoms with Crippen LogP contribution in [0.4, 0.5) is 11.8 Å². The number of ether oxygens (including phenoxy) is 1. The van der Waals surface area contributed by atoms with Gasteiger partial charge in [-0.15, -0.1) is 0 Å². The summed E-state index contributed by atoms with van der Waals surface area (Å²) in [7, 11) is 0. The van der Waals surface area contributed by atoms with Crippen LogP contribution < -0.4 is 10.2 Å². The third kappa shape index (κ3) is 2.54. The Morgan fingerprint density at radius 3 is 2.94 bits per heavy atom. The lowest BCUT2D eigenvalue weighted by Gasteiger charge is -2.28. The maximum atomic E-state index is 6.09. The quantitative estimate of drug-likeness (QED) is 0.868. The first kappa shape index (κ1) is 11.4. The number of morpholine rings is 1. The molecule has 0 spiro atoms. The van der Waals surface area contributed by atoms with Crippen molar-refractivity contribution in [3.8, 4) is 0 Å². The topological polar surface area (TPSA) is 50.3 Å². The molecule has 2 rings (SSSR count). The summed E-state index contributed by atoms with van der Waals surface area (Å²) in [6.07, 6.45) is 1.64. The van der Waals surface area contributed by atoms with E-state index < -0.39 is 0 Å². The van der Waals surface area contributed by atoms with Crippen LogP contribution in [0.2, 0.25) is 5.02 Å². The molecular formula is C10H15ClN4O. The Labute approximate surface area is 99.8 Å². The number of halogens is 1. The van der Waals surface area contributed by atoms with Gasteiger partial charge in [0.05, 0.1) is 19.4 Å². The monoisotopic (exact) mass is 242 g/mol. The Kier molecular flexibility index (Phi) is 3.79. The third-order valence-electron chi connectivity index (χ3n) is 2.37. The number of anilines is 2. The van der Waals surface area contributed by atoms with Crippen molar-refractivity contribution in [3.63, 3.8) is 0 Å². The number of aromatic nitrogens is 2. The second-order valence-electron chi connectivity index (χ2n) is 3.49. The van der Waals surface area contributed by atoms with Crippen molar-refractivity contribution in [3.05, 3.63) is 11.2 Å². The van der Waals surface area contributed by atoms with Gasteiger partial charge in [0.15, 0.2) is 5.82 Å². The van der Waals surface area contributed by atoms with E-state index in [9.17, 15) is 0 Å². The minimum atomic E-state index is 0.587. The molecule has 0 radical (unpaired) electrons. The van der Waals surface area contributed by atoms with E-state index in [0.717, 1.165) is 38.7 Å². The summed E-state index contributed by atoms with van der Waals surface area (Å²) >= 11 is 6.09. The fourth-order valence-corrected chi connectivity index (χ4v) is 1.81. The molecule has 0 saturated carbocycles. The Morgan fingerprint density at radius 2 is 2.25 bits per heavy atom. The molecule has 1 aliphatic heterocycles. The summed E-state index contributed by atoms with van der Waals surface area (Å²) in [6.45, 7) is 5.88. The summed E-state index contributed by atoms with van der Waals surface area (Å²) in [5, 5.41) is 3.66. The first-order valence-electron chi connectivity index (χ1n) is 5.40. The van der Waals surface area contributed by atoms with Crippen molar-refractivity contribution < 1.29 is 4.74 Å². The Hall–Kier alpha value is -1.07. The van der Waals surface area contributed by atoms with E-state index in [2.05, 4.69) is 20.2 Å². The molecule has 0 atom stereocenters. The molecule has 0 aromatic carbocycles. The molecule has 1 fully saturated rings. The molecule has 0 aliphatic carbocycles. The van der Waals surface area contributed by atoms with E-state index in [0.29, 0.717) is 11.0 Å². The highest BCUT2D eigenvalue weighted by Gasteiger charge is 2.16. The highest BCUT2D eigenvalue weighted by atomic mass is 35.5. The SMILES string of the molecule is CCNc1ncc(Cl)c(N2CCOCC2)n1. The van der Waals surface area contributed by atoms with E-state index in [1.807, 2.05) is 6.92 Å². The molecular weight excluding hydrogens is 228 g/mol. The number of nitrogens with zero attached hydrogens (tertiary/aromatic N) is 3. The van der Waals surface area contributed by atoms with E-state index in [4.69, 9.17) is 16.3 Å². The summed E-state index contributed by atoms with van der Waals surface area (Å²) < 4.78 is 5.30. The first-order chi connectivity index (χ1) is 7.81. The van der Waals surface area contributed by atoms with Gasteiger partial charge in [0, 0.05) is 19.6 Å². The average Bonchev–Trinajstić information content (AvgIpc) is 2.33. The lowest BCUT2D eigenvalue weighted by atomic mass is 10.4. The predicted octanol–water partition coefficient (Wildman–Crippen LogP) is 1.40. The van der Waals surface area contributed by atoms with Gasteiger partial charge in [-0.1, -0.05) is 11.6 Å². The van der Waals surface area contributed by atoms with Gasteiger partial charge in [0.2, 0.25) is 5.95 Å². The van der Waals surface area contributed by atoms with Crippen molar-refractivity contribution in [1.29, 1.82) is 0 Å². The van der Waals surface area contributed by atoms with Crippen LogP contribution in [0.1, 0.15) is 6.92 Å². The Balaban J connectivity index is 2.19. The molecule has 1 aliphatic rings. The summed E-state index contributed by atoms with van der Waals surface area (Å²) in [5.74, 6) is 1.41. The zero-order valence-electron chi connectivity index (χ0n) is 9.24. The van der Waals surface area contributed by atoms with Gasteiger partial charge < -0.3 is 15.0 Å². The fourth-order valence-electron chi connectivity index (χ4n) is 1.60. The smallest absolute Gasteiger partial charge is 0.224 e. The highest BCUT2D eigenvalue weighted by Crippen LogP contribution is 2.24. The lowest BCUT2D eigenvalue weighted by molar-refractivity contribution is 0.122. The maximum absolute atomic E-state index is 6.09. The van der Waals surface area contributed by atoms with E-state index >= 15 is 0 Å². The minimum Gasteiger partial charge on any atom is -0.378 e. The van der Waals surface area contributed by atoms with Crippen LogP contribution in [0.25, 0.3) is 0 Å². The molecule has 88 valence electrons. The second-order valence-corrected chi connectivity index (χ2v) is 3.90. The molecule has 0 amide bonds. The molecule has 6 heteroatoms. The van der Waals surface area contributed by atoms with Crippen molar-refractivity contribution in [2.75, 3.05) is 43.1 Å². The van der Waals surface area contributed by atoms with Crippen LogP contribution in [0.5, 0.6) is 0 Å². The second kappa shape index (κ2) is 5.32. The number of rotatable bonds is 3. The van der Waals surface area contributed by atoms with Gasteiger partial charge in [-0.3, -0.25) is 0 Å². The van der Waals surface area contributed by atoms with Crippen LogP contribution in [-0.2, 0) is 4.74 Å². The Morgan fingerprint density at radius 1 is 1.50 bits per heavy atom. The van der Waals surface area contributed by atoms with Gasteiger partial charge in [-0.2, -0.15) is 4.98 Å². The molecule has 0 unspecified atom stereocenters. The van der Waals surface area contributed by atoms with Crippen LogP contribution in [0, 0.1) is 0 Å². The van der Waals surface area contributed by atoms with Crippen molar-refractivity contribution in [2.24, 2.45) is 0 Å². The lowest BCUT2D eigenvalue weighted by Crippen LogP contribution is -2.37. The van der Waals surface area contributed by atoms with Crippen LogP contribution >= 0.6 is 11.6 Å². The molecule has 16 heavy (non-hydrogen) atoms. The van der Waals surface area contributed by atoms with Gasteiger partial charge in [-0.05, 0) is 6.92 Å². The minimum absolute atomic E-state index is 0.587. The molecule has 1 saturated heterocycles. The molecule has 0 bridgehead atoms. The van der Waals surface area contributed by atoms with E-state index in [-0.39, 0.29) is 0 Å². The number of hydrogen-bond donors (Lipinski definition) is 1. The largest absolute Gasteiger partial charge is 0.378 e. The van der Waals surface area contributed by atoms with Crippen LogP contribution in [0.3, 0.4) is 0 Å². The fraction of sp³-hybridized carbons (Fsp3) is 0.600. The summed E-state index contributed by atoms with van der Waals surface area (Å²) in [5.41, 5.74) is 0. The van der Waals surface area contributed by atoms with Crippen LogP contribution in [0.15, 0.2) is 6.20 Å². The van der Waals surface area contributed by atoms with Crippen molar-refractivity contribution in [1.82, 2.24) is 9.97 Å². The average molecular weight is 243 g/mol. The molecule has 1 aromatic rings. The third-order valence-corrected chi connectivity index (χ3v) is 2.64. The van der Waals surface area contributed by atoms with E-state index in [1.165, 1.54) is 0 Å². The number of nitrogens with one attached hydrogen (secondary N) is 1. The van der Waals surface area contributed by atoms with E-state index in [1.54, 1.807) is 6.20 Å². The van der Waals surface area contributed by atoms with Crippen molar-refractivity contribution in [2.45, 2.75) is 6.92 Å². The normalized spacial score (nSPS) is 16.2. The van der Waals surface area contributed by atoms with Crippen molar-refractivity contribution >= 4 is 23.4 Å². The standard InChI is InChI=1S/C10H15ClN4O/c1-2-12-10-13-7-8(11)9(14-10)15-3-5-16-6-4-15/h7H,2-6H2,1H3,(H,12,13,14). The highest BCUT2D eigenvalue weighted by molar-refractivity contribution is 6.32. The molecule has 1 N–H and O–H groups in total.